The van der Waals surface area contributed by atoms with Gasteiger partial charge in [-0.1, -0.05) is 48.5 Å². The summed E-state index contributed by atoms with van der Waals surface area (Å²) in [6.45, 7) is 2.71. The van der Waals surface area contributed by atoms with Crippen molar-refractivity contribution in [1.29, 1.82) is 0 Å². The topological polar surface area (TPSA) is 52.7 Å². The Kier molecular flexibility index (Phi) is 5.73. The monoisotopic (exact) mass is 359 g/mol. The van der Waals surface area contributed by atoms with Gasteiger partial charge in [0, 0.05) is 38.9 Å². The van der Waals surface area contributed by atoms with Crippen molar-refractivity contribution in [3.63, 3.8) is 0 Å². The van der Waals surface area contributed by atoms with Crippen molar-refractivity contribution in [1.82, 2.24) is 9.03 Å². The second-order valence-corrected chi connectivity index (χ2v) is 8.39. The van der Waals surface area contributed by atoms with Crippen LogP contribution in [0.5, 0.6) is 0 Å². The van der Waals surface area contributed by atoms with E-state index in [2.05, 4.69) is 21.8 Å². The van der Waals surface area contributed by atoms with Crippen LogP contribution in [0.1, 0.15) is 12.0 Å². The molecule has 2 aromatic carbocycles. The molecule has 1 N–H and O–H groups in total. The third-order valence-electron chi connectivity index (χ3n) is 4.63. The molecule has 1 heterocycles. The van der Waals surface area contributed by atoms with Gasteiger partial charge in [0.1, 0.15) is 0 Å². The first kappa shape index (κ1) is 17.9. The van der Waals surface area contributed by atoms with Gasteiger partial charge in [-0.15, -0.1) is 0 Å². The summed E-state index contributed by atoms with van der Waals surface area (Å²) in [6, 6.07) is 19.8. The van der Waals surface area contributed by atoms with Crippen molar-refractivity contribution in [3.05, 3.63) is 66.2 Å². The van der Waals surface area contributed by atoms with E-state index in [0.29, 0.717) is 19.0 Å². The van der Waals surface area contributed by atoms with Gasteiger partial charge >= 0.3 is 0 Å². The zero-order valence-electron chi connectivity index (χ0n) is 14.5. The summed E-state index contributed by atoms with van der Waals surface area (Å²) in [4.78, 5) is 2.32. The van der Waals surface area contributed by atoms with Gasteiger partial charge < -0.3 is 4.90 Å². The molecular weight excluding hydrogens is 334 g/mol. The lowest BCUT2D eigenvalue weighted by molar-refractivity contribution is 0.395. The molecule has 134 valence electrons. The first-order valence-electron chi connectivity index (χ1n) is 8.59. The van der Waals surface area contributed by atoms with Gasteiger partial charge in [0.05, 0.1) is 0 Å². The molecule has 0 unspecified atom stereocenters. The van der Waals surface area contributed by atoms with Crippen LogP contribution in [0.4, 0.5) is 5.69 Å². The van der Waals surface area contributed by atoms with Crippen molar-refractivity contribution >= 4 is 15.9 Å². The smallest absolute Gasteiger partial charge is 0.279 e. The minimum Gasteiger partial charge on any atom is -0.371 e. The highest BCUT2D eigenvalue weighted by Crippen LogP contribution is 2.24. The van der Waals surface area contributed by atoms with Crippen molar-refractivity contribution in [2.24, 2.45) is 5.92 Å². The number of anilines is 1. The minimum absolute atomic E-state index is 0.314. The molecule has 1 aliphatic heterocycles. The SMILES string of the molecule is CN(C[C@H]1CCN(c2ccccc2)C1)S(=O)(=O)NCc1ccccc1. The zero-order chi connectivity index (χ0) is 17.7. The summed E-state index contributed by atoms with van der Waals surface area (Å²) in [6.07, 6.45) is 1.01. The van der Waals surface area contributed by atoms with Crippen LogP contribution >= 0.6 is 0 Å². The Morgan fingerprint density at radius 1 is 1.08 bits per heavy atom. The summed E-state index contributed by atoms with van der Waals surface area (Å²) in [5, 5.41) is 0. The Bertz CT molecular complexity index is 766. The fraction of sp³-hybridized carbons (Fsp3) is 0.368. The fourth-order valence-corrected chi connectivity index (χ4v) is 4.17. The van der Waals surface area contributed by atoms with Gasteiger partial charge in [-0.25, -0.2) is 0 Å². The standard InChI is InChI=1S/C19H25N3O2S/c1-21(25(23,24)20-14-17-8-4-2-5-9-17)15-18-12-13-22(16-18)19-10-6-3-7-11-19/h2-11,18,20H,12-16H2,1H3/t18-/m1/s1. The Morgan fingerprint density at radius 3 is 2.40 bits per heavy atom. The first-order valence-corrected chi connectivity index (χ1v) is 10.0. The summed E-state index contributed by atoms with van der Waals surface area (Å²) >= 11 is 0. The van der Waals surface area contributed by atoms with Crippen LogP contribution in [0.15, 0.2) is 60.7 Å². The van der Waals surface area contributed by atoms with Crippen LogP contribution in [0, 0.1) is 5.92 Å². The van der Waals surface area contributed by atoms with Crippen molar-refractivity contribution in [2.75, 3.05) is 31.6 Å². The van der Waals surface area contributed by atoms with E-state index >= 15 is 0 Å². The van der Waals surface area contributed by atoms with E-state index in [0.717, 1.165) is 25.1 Å². The van der Waals surface area contributed by atoms with Crippen molar-refractivity contribution < 1.29 is 8.42 Å². The van der Waals surface area contributed by atoms with Crippen LogP contribution < -0.4 is 9.62 Å². The Hall–Kier alpha value is -1.89. The van der Waals surface area contributed by atoms with Gasteiger partial charge in [0.2, 0.25) is 0 Å². The Morgan fingerprint density at radius 2 is 1.72 bits per heavy atom. The van der Waals surface area contributed by atoms with Crippen LogP contribution in [0.25, 0.3) is 0 Å². The van der Waals surface area contributed by atoms with E-state index in [1.807, 2.05) is 48.5 Å². The molecule has 0 saturated carbocycles. The lowest BCUT2D eigenvalue weighted by atomic mass is 10.1. The van der Waals surface area contributed by atoms with Gasteiger partial charge in [-0.2, -0.15) is 17.4 Å². The van der Waals surface area contributed by atoms with Crippen LogP contribution in [-0.2, 0) is 16.8 Å². The number of benzene rings is 2. The van der Waals surface area contributed by atoms with Crippen LogP contribution in [-0.4, -0.2) is 39.4 Å². The first-order chi connectivity index (χ1) is 12.0. The molecule has 1 saturated heterocycles. The maximum absolute atomic E-state index is 12.4. The van der Waals surface area contributed by atoms with Gasteiger partial charge in [0.15, 0.2) is 0 Å². The predicted octanol–water partition coefficient (Wildman–Crippen LogP) is 2.48. The molecule has 0 aliphatic carbocycles. The Balaban J connectivity index is 1.52. The molecule has 0 aromatic heterocycles. The second kappa shape index (κ2) is 7.99. The van der Waals surface area contributed by atoms with E-state index in [1.165, 1.54) is 9.99 Å². The van der Waals surface area contributed by atoms with E-state index in [9.17, 15) is 8.42 Å². The second-order valence-electron chi connectivity index (χ2n) is 6.53. The molecule has 0 spiro atoms. The third kappa shape index (κ3) is 4.81. The Labute approximate surface area is 150 Å². The molecule has 0 amide bonds. The number of hydrogen-bond donors (Lipinski definition) is 1. The quantitative estimate of drug-likeness (QED) is 0.826. The minimum atomic E-state index is -3.46. The van der Waals surface area contributed by atoms with Crippen molar-refractivity contribution in [2.45, 2.75) is 13.0 Å². The molecule has 2 aromatic rings. The number of nitrogens with zero attached hydrogens (tertiary/aromatic N) is 2. The maximum atomic E-state index is 12.4. The van der Waals surface area contributed by atoms with Crippen LogP contribution in [0.2, 0.25) is 0 Å². The molecule has 1 fully saturated rings. The van der Waals surface area contributed by atoms with E-state index in [-0.39, 0.29) is 0 Å². The summed E-state index contributed by atoms with van der Waals surface area (Å²) in [5.74, 6) is 0.346. The average Bonchev–Trinajstić information content (AvgIpc) is 3.10. The van der Waals surface area contributed by atoms with Crippen LogP contribution in [0.3, 0.4) is 0 Å². The maximum Gasteiger partial charge on any atom is 0.279 e. The van der Waals surface area contributed by atoms with E-state index < -0.39 is 10.2 Å². The number of hydrogen-bond acceptors (Lipinski definition) is 3. The summed E-state index contributed by atoms with van der Waals surface area (Å²) < 4.78 is 29.0. The predicted molar refractivity (Wildman–Crippen MR) is 102 cm³/mol. The van der Waals surface area contributed by atoms with E-state index in [1.54, 1.807) is 7.05 Å². The van der Waals surface area contributed by atoms with Crippen molar-refractivity contribution in [3.8, 4) is 0 Å². The average molecular weight is 359 g/mol. The molecule has 1 aliphatic rings. The van der Waals surface area contributed by atoms with Gasteiger partial charge in [-0.3, -0.25) is 0 Å². The van der Waals surface area contributed by atoms with E-state index in [4.69, 9.17) is 0 Å². The molecule has 6 heteroatoms. The fourth-order valence-electron chi connectivity index (χ4n) is 3.20. The molecule has 0 radical (unpaired) electrons. The molecular formula is C19H25N3O2S. The highest BCUT2D eigenvalue weighted by Gasteiger charge is 2.27. The normalized spacial score (nSPS) is 18.0. The molecule has 1 atom stereocenters. The zero-order valence-corrected chi connectivity index (χ0v) is 15.3. The summed E-state index contributed by atoms with van der Waals surface area (Å²) in [5.41, 5.74) is 2.16. The molecule has 3 rings (SSSR count). The summed E-state index contributed by atoms with van der Waals surface area (Å²) in [7, 11) is -1.81. The molecule has 0 bridgehead atoms. The lowest BCUT2D eigenvalue weighted by Gasteiger charge is -2.22. The number of nitrogens with one attached hydrogen (secondary N) is 1. The lowest BCUT2D eigenvalue weighted by Crippen LogP contribution is -2.40. The highest BCUT2D eigenvalue weighted by molar-refractivity contribution is 7.87. The highest BCUT2D eigenvalue weighted by atomic mass is 32.2. The number of rotatable bonds is 7. The molecule has 5 nitrogen and oxygen atoms in total. The largest absolute Gasteiger partial charge is 0.371 e. The third-order valence-corrected chi connectivity index (χ3v) is 6.11. The number of para-hydroxylation sites is 1. The van der Waals surface area contributed by atoms with Gasteiger partial charge in [0.25, 0.3) is 10.2 Å². The molecule has 25 heavy (non-hydrogen) atoms. The van der Waals surface area contributed by atoms with Gasteiger partial charge in [-0.05, 0) is 30.0 Å².